The number of H-pyrrole nitrogens is 1. The Hall–Kier alpha value is -1.79. The van der Waals surface area contributed by atoms with Crippen LogP contribution >= 0.6 is 23.2 Å². The molecule has 94 valence electrons. The van der Waals surface area contributed by atoms with Crippen molar-refractivity contribution >= 4 is 34.8 Å². The molecule has 2 rings (SSSR count). The third-order valence-corrected chi connectivity index (χ3v) is 2.75. The fraction of sp³-hybridized carbons (Fsp3) is 0.100. The van der Waals surface area contributed by atoms with Crippen LogP contribution in [-0.4, -0.2) is 11.2 Å². The van der Waals surface area contributed by atoms with Gasteiger partial charge in [0.15, 0.2) is 7.05 Å². The molecule has 0 radical (unpaired) electrons. The van der Waals surface area contributed by atoms with Gasteiger partial charge in [0.2, 0.25) is 0 Å². The Morgan fingerprint density at radius 3 is 2.72 bits per heavy atom. The predicted octanol–water partition coefficient (Wildman–Crippen LogP) is 1.35. The Morgan fingerprint density at radius 2 is 2.17 bits per heavy atom. The normalized spacial score (nSPS) is 10.4. The van der Waals surface area contributed by atoms with Gasteiger partial charge < -0.3 is 5.32 Å². The summed E-state index contributed by atoms with van der Waals surface area (Å²) >= 11 is 11.6. The third kappa shape index (κ3) is 2.39. The van der Waals surface area contributed by atoms with Crippen molar-refractivity contribution < 1.29 is 14.0 Å². The van der Waals surface area contributed by atoms with Crippen LogP contribution in [0, 0.1) is 0 Å². The highest BCUT2D eigenvalue weighted by Crippen LogP contribution is 2.25. The van der Waals surface area contributed by atoms with Crippen molar-refractivity contribution in [3.63, 3.8) is 0 Å². The fourth-order valence-corrected chi connectivity index (χ4v) is 1.81. The Balaban J connectivity index is 2.30. The standard InChI is InChI=1S/C10H7Cl2N3O3/c1-15-8(10(17)18-14-15)9(16)13-7-3-2-5(11)4-6(7)12/h2-4H,1H3,(H-,13,14,16,17)/p+1. The molecule has 0 saturated heterocycles. The van der Waals surface area contributed by atoms with E-state index in [1.807, 2.05) is 0 Å². The molecule has 0 aliphatic rings. The molecule has 2 aromatic rings. The molecule has 0 fully saturated rings. The SMILES string of the molecule is C[n+]1[nH]oc(=O)c1C(=O)Nc1ccc(Cl)cc1Cl. The van der Waals surface area contributed by atoms with Gasteiger partial charge in [0.05, 0.1) is 10.7 Å². The number of anilines is 1. The lowest BCUT2D eigenvalue weighted by Gasteiger charge is -2.03. The molecule has 1 amide bonds. The summed E-state index contributed by atoms with van der Waals surface area (Å²) in [5.41, 5.74) is -0.576. The first-order valence-corrected chi connectivity index (χ1v) is 5.58. The van der Waals surface area contributed by atoms with E-state index in [9.17, 15) is 9.59 Å². The predicted molar refractivity (Wildman–Crippen MR) is 64.9 cm³/mol. The molecule has 8 heteroatoms. The van der Waals surface area contributed by atoms with Crippen LogP contribution in [0.1, 0.15) is 10.5 Å². The molecule has 0 aliphatic heterocycles. The highest BCUT2D eigenvalue weighted by Gasteiger charge is 2.26. The van der Waals surface area contributed by atoms with Crippen LogP contribution in [0.3, 0.4) is 0 Å². The second-order valence-electron chi connectivity index (χ2n) is 3.47. The molecule has 0 saturated carbocycles. The summed E-state index contributed by atoms with van der Waals surface area (Å²) in [5, 5.41) is 5.46. The van der Waals surface area contributed by atoms with Gasteiger partial charge in [-0.1, -0.05) is 27.9 Å². The zero-order valence-corrected chi connectivity index (χ0v) is 10.7. The van der Waals surface area contributed by atoms with E-state index in [4.69, 9.17) is 23.2 Å². The van der Waals surface area contributed by atoms with Crippen LogP contribution in [0.2, 0.25) is 10.0 Å². The first-order valence-electron chi connectivity index (χ1n) is 4.83. The first-order chi connectivity index (χ1) is 8.49. The number of benzene rings is 1. The van der Waals surface area contributed by atoms with E-state index in [-0.39, 0.29) is 10.7 Å². The zero-order chi connectivity index (χ0) is 13.3. The lowest BCUT2D eigenvalue weighted by atomic mass is 10.3. The quantitative estimate of drug-likeness (QED) is 0.819. The summed E-state index contributed by atoms with van der Waals surface area (Å²) in [7, 11) is 1.48. The molecule has 0 aliphatic carbocycles. The van der Waals surface area contributed by atoms with Crippen molar-refractivity contribution in [3.05, 3.63) is 44.4 Å². The van der Waals surface area contributed by atoms with Gasteiger partial charge in [-0.2, -0.15) is 0 Å². The molecular weight excluding hydrogens is 281 g/mol. The lowest BCUT2D eigenvalue weighted by molar-refractivity contribution is -0.741. The van der Waals surface area contributed by atoms with Gasteiger partial charge in [-0.15, -0.1) is 0 Å². The number of aryl methyl sites for hydroxylation is 1. The number of hydrogen-bond acceptors (Lipinski definition) is 3. The molecule has 0 atom stereocenters. The Morgan fingerprint density at radius 1 is 1.44 bits per heavy atom. The van der Waals surface area contributed by atoms with Crippen molar-refractivity contribution in [1.29, 1.82) is 0 Å². The molecule has 0 spiro atoms. The monoisotopic (exact) mass is 288 g/mol. The van der Waals surface area contributed by atoms with E-state index in [1.54, 1.807) is 6.07 Å². The molecular formula is C10H8Cl2N3O3+. The molecule has 1 aromatic carbocycles. The van der Waals surface area contributed by atoms with Gasteiger partial charge >= 0.3 is 17.2 Å². The highest BCUT2D eigenvalue weighted by molar-refractivity contribution is 6.36. The first kappa shape index (κ1) is 12.7. The van der Waals surface area contributed by atoms with Crippen LogP contribution < -0.4 is 15.6 Å². The molecule has 1 heterocycles. The van der Waals surface area contributed by atoms with E-state index in [1.165, 1.54) is 23.9 Å². The smallest absolute Gasteiger partial charge is 0.315 e. The molecule has 0 bridgehead atoms. The summed E-state index contributed by atoms with van der Waals surface area (Å²) in [4.78, 5) is 23.1. The van der Waals surface area contributed by atoms with Crippen molar-refractivity contribution in [2.75, 3.05) is 5.32 Å². The number of aromatic amines is 1. The second-order valence-corrected chi connectivity index (χ2v) is 4.31. The zero-order valence-electron chi connectivity index (χ0n) is 9.16. The average molecular weight is 289 g/mol. The molecule has 6 nitrogen and oxygen atoms in total. The van der Waals surface area contributed by atoms with Crippen LogP contribution in [-0.2, 0) is 7.05 Å². The van der Waals surface area contributed by atoms with E-state index in [0.29, 0.717) is 10.7 Å². The number of nitrogens with one attached hydrogen (secondary N) is 2. The minimum absolute atomic E-state index is 0.166. The molecule has 18 heavy (non-hydrogen) atoms. The number of carbonyl (C=O) groups is 1. The van der Waals surface area contributed by atoms with Gasteiger partial charge in [-0.3, -0.25) is 9.32 Å². The Labute approximate surface area is 111 Å². The summed E-state index contributed by atoms with van der Waals surface area (Å²) in [6.45, 7) is 0. The summed E-state index contributed by atoms with van der Waals surface area (Å²) in [6.07, 6.45) is 0. The van der Waals surface area contributed by atoms with Crippen molar-refractivity contribution in [2.45, 2.75) is 0 Å². The van der Waals surface area contributed by atoms with Crippen LogP contribution in [0.25, 0.3) is 0 Å². The number of aromatic nitrogens is 2. The van der Waals surface area contributed by atoms with E-state index >= 15 is 0 Å². The summed E-state index contributed by atoms with van der Waals surface area (Å²) in [5.74, 6) is -0.628. The van der Waals surface area contributed by atoms with Crippen molar-refractivity contribution in [2.24, 2.45) is 7.05 Å². The number of amides is 1. The maximum absolute atomic E-state index is 11.9. The summed E-state index contributed by atoms with van der Waals surface area (Å²) in [6, 6.07) is 4.60. The highest BCUT2D eigenvalue weighted by atomic mass is 35.5. The van der Waals surface area contributed by atoms with Crippen LogP contribution in [0.4, 0.5) is 5.69 Å². The second kappa shape index (κ2) is 4.83. The fourth-order valence-electron chi connectivity index (χ4n) is 1.36. The van der Waals surface area contributed by atoms with E-state index < -0.39 is 11.5 Å². The largest absolute Gasteiger partial charge is 0.440 e. The van der Waals surface area contributed by atoms with Crippen molar-refractivity contribution in [3.8, 4) is 0 Å². The number of halogens is 2. The number of nitrogens with zero attached hydrogens (tertiary/aromatic N) is 1. The third-order valence-electron chi connectivity index (χ3n) is 2.20. The average Bonchev–Trinajstić information content (AvgIpc) is 2.62. The topological polar surface area (TPSA) is 79.0 Å². The minimum atomic E-state index is -0.764. The van der Waals surface area contributed by atoms with Gasteiger partial charge in [-0.05, 0) is 23.5 Å². The van der Waals surface area contributed by atoms with Gasteiger partial charge in [0.1, 0.15) is 0 Å². The molecule has 2 N–H and O–H groups in total. The summed E-state index contributed by atoms with van der Waals surface area (Å²) < 4.78 is 5.64. The van der Waals surface area contributed by atoms with Gasteiger partial charge in [0.25, 0.3) is 0 Å². The molecule has 0 unspecified atom stereocenters. The lowest BCUT2D eigenvalue weighted by Crippen LogP contribution is -2.41. The molecule has 1 aromatic heterocycles. The number of hydrogen-bond donors (Lipinski definition) is 2. The van der Waals surface area contributed by atoms with Crippen LogP contribution in [0.5, 0.6) is 0 Å². The Kier molecular flexibility index (Phi) is 3.40. The van der Waals surface area contributed by atoms with E-state index in [0.717, 1.165) is 0 Å². The van der Waals surface area contributed by atoms with Gasteiger partial charge in [0, 0.05) is 5.02 Å². The number of rotatable bonds is 2. The van der Waals surface area contributed by atoms with Crippen LogP contribution in [0.15, 0.2) is 27.5 Å². The van der Waals surface area contributed by atoms with Crippen molar-refractivity contribution in [1.82, 2.24) is 5.27 Å². The van der Waals surface area contributed by atoms with E-state index in [2.05, 4.69) is 15.1 Å². The minimum Gasteiger partial charge on any atom is -0.315 e. The maximum atomic E-state index is 11.9. The number of carbonyl (C=O) groups excluding carboxylic acids is 1. The van der Waals surface area contributed by atoms with Gasteiger partial charge in [-0.25, -0.2) is 4.79 Å². The maximum Gasteiger partial charge on any atom is 0.440 e. The Bertz CT molecular complexity index is 663.